The fourth-order valence-electron chi connectivity index (χ4n) is 2.84. The van der Waals surface area contributed by atoms with Crippen LogP contribution >= 0.6 is 15.9 Å². The lowest BCUT2D eigenvalue weighted by atomic mass is 10.2. The molecule has 1 heterocycles. The van der Waals surface area contributed by atoms with Crippen LogP contribution in [0, 0.1) is 11.6 Å². The third-order valence-electron chi connectivity index (χ3n) is 4.34. The van der Waals surface area contributed by atoms with Crippen molar-refractivity contribution in [1.82, 2.24) is 15.5 Å². The Kier molecular flexibility index (Phi) is 7.56. The molecule has 0 saturated heterocycles. The maximum absolute atomic E-state index is 13.5. The maximum atomic E-state index is 13.5. The number of hydrogen-bond acceptors (Lipinski definition) is 6. The highest BCUT2D eigenvalue weighted by molar-refractivity contribution is 9.10. The van der Waals surface area contributed by atoms with E-state index >= 15 is 0 Å². The molecule has 3 aromatic rings. The van der Waals surface area contributed by atoms with Gasteiger partial charge in [0.1, 0.15) is 0 Å². The Bertz CT molecular complexity index is 1220. The van der Waals surface area contributed by atoms with E-state index in [9.17, 15) is 22.0 Å². The fraction of sp³-hybridized carbons (Fsp3) is 0.250. The molecule has 8 nitrogen and oxygen atoms in total. The zero-order valence-electron chi connectivity index (χ0n) is 16.9. The summed E-state index contributed by atoms with van der Waals surface area (Å²) in [5.41, 5.74) is 0.733. The maximum Gasteiger partial charge on any atom is 0.246 e. The zero-order valence-corrected chi connectivity index (χ0v) is 19.3. The second-order valence-corrected chi connectivity index (χ2v) is 9.66. The number of amides is 1. The summed E-state index contributed by atoms with van der Waals surface area (Å²) in [5, 5.41) is 6.50. The molecule has 0 aliphatic rings. The van der Waals surface area contributed by atoms with Crippen molar-refractivity contribution in [1.29, 1.82) is 0 Å². The van der Waals surface area contributed by atoms with Crippen molar-refractivity contribution in [2.24, 2.45) is 0 Å². The molecule has 32 heavy (non-hydrogen) atoms. The van der Waals surface area contributed by atoms with Crippen LogP contribution in [0.4, 0.5) is 14.5 Å². The summed E-state index contributed by atoms with van der Waals surface area (Å²) in [6, 6.07) is 10.2. The van der Waals surface area contributed by atoms with E-state index in [2.05, 4.69) is 31.4 Å². The number of rotatable bonds is 9. The van der Waals surface area contributed by atoms with E-state index in [4.69, 9.17) is 4.52 Å². The van der Waals surface area contributed by atoms with Crippen molar-refractivity contribution in [3.8, 4) is 11.4 Å². The Balaban J connectivity index is 1.52. The molecular weight excluding hydrogens is 510 g/mol. The van der Waals surface area contributed by atoms with Crippen LogP contribution in [0.3, 0.4) is 0 Å². The summed E-state index contributed by atoms with van der Waals surface area (Å²) in [6.45, 7) is -0.0658. The highest BCUT2D eigenvalue weighted by Crippen LogP contribution is 2.22. The molecule has 0 aliphatic carbocycles. The van der Waals surface area contributed by atoms with Crippen LogP contribution in [0.1, 0.15) is 18.7 Å². The van der Waals surface area contributed by atoms with Crippen molar-refractivity contribution in [3.63, 3.8) is 0 Å². The van der Waals surface area contributed by atoms with Crippen molar-refractivity contribution in [2.75, 3.05) is 17.1 Å². The zero-order chi connectivity index (χ0) is 23.3. The van der Waals surface area contributed by atoms with Gasteiger partial charge in [0.25, 0.3) is 0 Å². The van der Waals surface area contributed by atoms with Gasteiger partial charge in [-0.15, -0.1) is 0 Å². The third kappa shape index (κ3) is 6.33. The van der Waals surface area contributed by atoms with Gasteiger partial charge in [-0.3, -0.25) is 9.10 Å². The van der Waals surface area contributed by atoms with Crippen molar-refractivity contribution in [2.45, 2.75) is 19.4 Å². The second-order valence-electron chi connectivity index (χ2n) is 6.84. The molecule has 1 amide bonds. The Morgan fingerprint density at radius 1 is 1.19 bits per heavy atom. The van der Waals surface area contributed by atoms with Gasteiger partial charge < -0.3 is 9.84 Å². The standard InChI is InChI=1S/C20H19BrF2N4O4S/c1-32(29,30)27(15-7-8-16(22)17(23)11-15)9-3-6-18(28)24-12-19-25-20(26-31-19)13-4-2-5-14(21)10-13/h2,4-5,7-8,10-11H,3,6,9,12H2,1H3,(H,24,28). The van der Waals surface area contributed by atoms with Gasteiger partial charge >= 0.3 is 0 Å². The number of nitrogens with zero attached hydrogens (tertiary/aromatic N) is 3. The minimum atomic E-state index is -3.75. The molecule has 1 aromatic heterocycles. The van der Waals surface area contributed by atoms with E-state index in [1.807, 2.05) is 24.3 Å². The topological polar surface area (TPSA) is 105 Å². The smallest absolute Gasteiger partial charge is 0.246 e. The van der Waals surface area contributed by atoms with Gasteiger partial charge in [-0.25, -0.2) is 17.2 Å². The van der Waals surface area contributed by atoms with Gasteiger partial charge in [-0.2, -0.15) is 4.98 Å². The van der Waals surface area contributed by atoms with Crippen LogP contribution in [0.25, 0.3) is 11.4 Å². The molecule has 0 spiro atoms. The fourth-order valence-corrected chi connectivity index (χ4v) is 4.20. The van der Waals surface area contributed by atoms with Crippen LogP contribution in [0.15, 0.2) is 51.5 Å². The van der Waals surface area contributed by atoms with E-state index < -0.39 is 21.7 Å². The Morgan fingerprint density at radius 3 is 2.66 bits per heavy atom. The molecule has 0 aliphatic heterocycles. The largest absolute Gasteiger partial charge is 0.347 e. The van der Waals surface area contributed by atoms with Gasteiger partial charge in [0.15, 0.2) is 11.6 Å². The molecule has 3 rings (SSSR count). The molecule has 0 radical (unpaired) electrons. The van der Waals surface area contributed by atoms with Gasteiger partial charge in [0.05, 0.1) is 18.5 Å². The number of aromatic nitrogens is 2. The molecule has 12 heteroatoms. The molecule has 170 valence electrons. The Labute approximate surface area is 191 Å². The van der Waals surface area contributed by atoms with Gasteiger partial charge in [-0.1, -0.05) is 33.2 Å². The summed E-state index contributed by atoms with van der Waals surface area (Å²) in [7, 11) is -3.75. The van der Waals surface area contributed by atoms with Crippen LogP contribution < -0.4 is 9.62 Å². The minimum Gasteiger partial charge on any atom is -0.347 e. The number of anilines is 1. The quantitative estimate of drug-likeness (QED) is 0.454. The van der Waals surface area contributed by atoms with Crippen LogP contribution in [0.5, 0.6) is 0 Å². The summed E-state index contributed by atoms with van der Waals surface area (Å²) >= 11 is 3.36. The van der Waals surface area contributed by atoms with Gasteiger partial charge in [-0.05, 0) is 30.7 Å². The molecule has 1 N–H and O–H groups in total. The lowest BCUT2D eigenvalue weighted by Crippen LogP contribution is -2.32. The first-order valence-electron chi connectivity index (χ1n) is 9.41. The predicted molar refractivity (Wildman–Crippen MR) is 117 cm³/mol. The molecule has 0 fully saturated rings. The van der Waals surface area contributed by atoms with Crippen LogP contribution in [-0.2, 0) is 21.4 Å². The average molecular weight is 529 g/mol. The van der Waals surface area contributed by atoms with Crippen LogP contribution in [0.2, 0.25) is 0 Å². The SMILES string of the molecule is CS(=O)(=O)N(CCCC(=O)NCc1nc(-c2cccc(Br)c2)no1)c1ccc(F)c(F)c1. The first kappa shape index (κ1) is 23.8. The minimum absolute atomic E-state index is 0.00230. The highest BCUT2D eigenvalue weighted by Gasteiger charge is 2.19. The summed E-state index contributed by atoms with van der Waals surface area (Å²) in [5.74, 6) is -1.99. The number of carbonyl (C=O) groups is 1. The van der Waals surface area contributed by atoms with E-state index in [0.29, 0.717) is 5.82 Å². The monoisotopic (exact) mass is 528 g/mol. The average Bonchev–Trinajstić information content (AvgIpc) is 3.20. The molecule has 0 unspecified atom stereocenters. The first-order valence-corrected chi connectivity index (χ1v) is 12.1. The normalized spacial score (nSPS) is 11.4. The molecule has 0 bridgehead atoms. The number of carbonyl (C=O) groups excluding carboxylic acids is 1. The highest BCUT2D eigenvalue weighted by atomic mass is 79.9. The lowest BCUT2D eigenvalue weighted by molar-refractivity contribution is -0.121. The molecular formula is C20H19BrF2N4O4S. The molecule has 0 atom stereocenters. The lowest BCUT2D eigenvalue weighted by Gasteiger charge is -2.22. The van der Waals surface area contributed by atoms with Crippen molar-refractivity contribution < 1.29 is 26.5 Å². The number of benzene rings is 2. The van der Waals surface area contributed by atoms with E-state index in [1.54, 1.807) is 0 Å². The van der Waals surface area contributed by atoms with E-state index in [1.165, 1.54) is 0 Å². The Morgan fingerprint density at radius 2 is 1.97 bits per heavy atom. The van der Waals surface area contributed by atoms with Crippen LogP contribution in [-0.4, -0.2) is 37.3 Å². The van der Waals surface area contributed by atoms with Gasteiger partial charge in [0, 0.05) is 29.1 Å². The van der Waals surface area contributed by atoms with E-state index in [-0.39, 0.29) is 43.4 Å². The van der Waals surface area contributed by atoms with Crippen molar-refractivity contribution >= 4 is 37.5 Å². The van der Waals surface area contributed by atoms with E-state index in [0.717, 1.165) is 38.8 Å². The van der Waals surface area contributed by atoms with Gasteiger partial charge in [0.2, 0.25) is 27.6 Å². The summed E-state index contributed by atoms with van der Waals surface area (Å²) < 4.78 is 57.6. The summed E-state index contributed by atoms with van der Waals surface area (Å²) in [4.78, 5) is 16.3. The predicted octanol–water partition coefficient (Wildman–Crippen LogP) is 3.64. The number of hydrogen-bond donors (Lipinski definition) is 1. The second kappa shape index (κ2) is 10.2. The number of nitrogens with one attached hydrogen (secondary N) is 1. The molecule has 2 aromatic carbocycles. The summed E-state index contributed by atoms with van der Waals surface area (Å²) in [6.07, 6.45) is 1.11. The first-order chi connectivity index (χ1) is 15.1. The molecule has 0 saturated carbocycles. The number of halogens is 3. The third-order valence-corrected chi connectivity index (χ3v) is 6.03. The van der Waals surface area contributed by atoms with Crippen molar-refractivity contribution in [3.05, 3.63) is 64.5 Å². The number of sulfonamides is 1. The Hall–Kier alpha value is -2.86.